The largest absolute Gasteiger partial charge is 0.326 e. The summed E-state index contributed by atoms with van der Waals surface area (Å²) in [6.07, 6.45) is 0.515. The van der Waals surface area contributed by atoms with Gasteiger partial charge in [0.15, 0.2) is 0 Å². The summed E-state index contributed by atoms with van der Waals surface area (Å²) in [7, 11) is 0. The van der Waals surface area contributed by atoms with Gasteiger partial charge in [0.25, 0.3) is 0 Å². The van der Waals surface area contributed by atoms with Crippen molar-refractivity contribution in [3.8, 4) is 0 Å². The molecule has 140 valence electrons. The molecule has 3 rings (SSSR count). The lowest BCUT2D eigenvalue weighted by molar-refractivity contribution is -0.122. The fourth-order valence-corrected chi connectivity index (χ4v) is 2.98. The quantitative estimate of drug-likeness (QED) is 0.731. The second-order valence-electron chi connectivity index (χ2n) is 6.64. The Morgan fingerprint density at radius 2 is 1.44 bits per heavy atom. The zero-order valence-corrected chi connectivity index (χ0v) is 15.8. The highest BCUT2D eigenvalue weighted by Crippen LogP contribution is 2.40. The lowest BCUT2D eigenvalue weighted by Crippen LogP contribution is -2.21. The summed E-state index contributed by atoms with van der Waals surface area (Å²) in [5.41, 5.74) is 2.84. The molecule has 2 unspecified atom stereocenters. The zero-order chi connectivity index (χ0) is 19.6. The lowest BCUT2D eigenvalue weighted by Gasteiger charge is -2.09. The minimum absolute atomic E-state index is 0.159. The molecule has 0 spiro atoms. The molecule has 7 heteroatoms. The van der Waals surface area contributed by atoms with Crippen molar-refractivity contribution in [3.63, 3.8) is 0 Å². The van der Waals surface area contributed by atoms with E-state index in [2.05, 4.69) is 16.0 Å². The maximum Gasteiger partial charge on any atom is 0.228 e. The van der Waals surface area contributed by atoms with Gasteiger partial charge in [-0.2, -0.15) is 0 Å². The molecule has 0 aromatic heterocycles. The number of carbonyl (C=O) groups is 3. The molecule has 0 aliphatic heterocycles. The Morgan fingerprint density at radius 3 is 2.04 bits per heavy atom. The van der Waals surface area contributed by atoms with E-state index in [9.17, 15) is 14.4 Å². The Bertz CT molecular complexity index is 896. The van der Waals surface area contributed by atoms with E-state index >= 15 is 0 Å². The fourth-order valence-electron chi connectivity index (χ4n) is 2.80. The van der Waals surface area contributed by atoms with Gasteiger partial charge in [0.05, 0.1) is 11.8 Å². The molecular weight excluding hydrogens is 366 g/mol. The van der Waals surface area contributed by atoms with Gasteiger partial charge in [-0.05, 0) is 55.3 Å². The van der Waals surface area contributed by atoms with Crippen molar-refractivity contribution in [3.05, 3.63) is 53.1 Å². The molecular formula is C20H20ClN3O3. The van der Waals surface area contributed by atoms with Crippen molar-refractivity contribution in [2.24, 2.45) is 11.8 Å². The maximum atomic E-state index is 12.4. The second kappa shape index (κ2) is 7.80. The van der Waals surface area contributed by atoms with E-state index in [1.54, 1.807) is 36.4 Å². The minimum atomic E-state index is -0.348. The van der Waals surface area contributed by atoms with Gasteiger partial charge in [-0.25, -0.2) is 0 Å². The van der Waals surface area contributed by atoms with Gasteiger partial charge in [-0.15, -0.1) is 0 Å². The molecule has 0 heterocycles. The molecule has 2 aromatic rings. The number of benzene rings is 2. The highest BCUT2D eigenvalue weighted by Gasteiger charge is 2.48. The van der Waals surface area contributed by atoms with E-state index in [-0.39, 0.29) is 29.6 Å². The van der Waals surface area contributed by atoms with Gasteiger partial charge in [0.1, 0.15) is 0 Å². The van der Waals surface area contributed by atoms with Gasteiger partial charge in [0.2, 0.25) is 17.7 Å². The number of halogens is 1. The Labute approximate surface area is 162 Å². The molecule has 0 radical (unpaired) electrons. The number of rotatable bonds is 5. The number of hydrogen-bond acceptors (Lipinski definition) is 3. The van der Waals surface area contributed by atoms with Crippen LogP contribution in [-0.4, -0.2) is 17.7 Å². The fraction of sp³-hybridized carbons (Fsp3) is 0.250. The second-order valence-corrected chi connectivity index (χ2v) is 7.08. The average molecular weight is 386 g/mol. The van der Waals surface area contributed by atoms with E-state index in [1.165, 1.54) is 6.92 Å². The van der Waals surface area contributed by atoms with Gasteiger partial charge in [-0.1, -0.05) is 17.7 Å². The molecule has 1 aliphatic carbocycles. The van der Waals surface area contributed by atoms with Crippen LogP contribution in [0.15, 0.2) is 42.5 Å². The normalized spacial score (nSPS) is 17.7. The maximum absolute atomic E-state index is 12.4. The predicted molar refractivity (Wildman–Crippen MR) is 106 cm³/mol. The van der Waals surface area contributed by atoms with Gasteiger partial charge < -0.3 is 16.0 Å². The van der Waals surface area contributed by atoms with Crippen molar-refractivity contribution in [1.82, 2.24) is 0 Å². The van der Waals surface area contributed by atoms with E-state index in [1.807, 2.05) is 13.0 Å². The van der Waals surface area contributed by atoms with Crippen LogP contribution in [0.2, 0.25) is 5.02 Å². The summed E-state index contributed by atoms with van der Waals surface area (Å²) in [6.45, 7) is 3.31. The van der Waals surface area contributed by atoms with Crippen LogP contribution in [0, 0.1) is 18.8 Å². The first-order valence-corrected chi connectivity index (χ1v) is 8.97. The highest BCUT2D eigenvalue weighted by atomic mass is 35.5. The van der Waals surface area contributed by atoms with Crippen molar-refractivity contribution in [2.45, 2.75) is 20.3 Å². The molecule has 2 aromatic carbocycles. The Kier molecular flexibility index (Phi) is 5.46. The number of amides is 3. The molecule has 3 amide bonds. The van der Waals surface area contributed by atoms with Crippen molar-refractivity contribution in [1.29, 1.82) is 0 Å². The van der Waals surface area contributed by atoms with Crippen LogP contribution in [0.25, 0.3) is 0 Å². The summed E-state index contributed by atoms with van der Waals surface area (Å²) in [5, 5.41) is 8.85. The van der Waals surface area contributed by atoms with E-state index in [0.29, 0.717) is 28.5 Å². The molecule has 0 saturated heterocycles. The average Bonchev–Trinajstić information content (AvgIpc) is 3.40. The summed E-state index contributed by atoms with van der Waals surface area (Å²) >= 11 is 5.97. The molecule has 1 aliphatic rings. The van der Waals surface area contributed by atoms with Crippen molar-refractivity contribution in [2.75, 3.05) is 16.0 Å². The predicted octanol–water partition coefficient (Wildman–Crippen LogP) is 3.82. The number of anilines is 3. The molecule has 3 N–H and O–H groups in total. The van der Waals surface area contributed by atoms with Gasteiger partial charge in [0, 0.05) is 29.0 Å². The zero-order valence-electron chi connectivity index (χ0n) is 15.0. The van der Waals surface area contributed by atoms with Crippen LogP contribution in [0.4, 0.5) is 17.1 Å². The first-order valence-electron chi connectivity index (χ1n) is 8.59. The van der Waals surface area contributed by atoms with E-state index < -0.39 is 0 Å². The van der Waals surface area contributed by atoms with Crippen LogP contribution < -0.4 is 16.0 Å². The monoisotopic (exact) mass is 385 g/mol. The topological polar surface area (TPSA) is 87.3 Å². The summed E-state index contributed by atoms with van der Waals surface area (Å²) in [4.78, 5) is 35.7. The Hall–Kier alpha value is -2.86. The molecule has 1 fully saturated rings. The summed E-state index contributed by atoms with van der Waals surface area (Å²) in [6, 6.07) is 12.1. The van der Waals surface area contributed by atoms with Crippen LogP contribution in [0.1, 0.15) is 18.9 Å². The number of nitrogens with one attached hydrogen (secondary N) is 3. The number of aryl methyl sites for hydroxylation is 1. The Balaban J connectivity index is 1.54. The smallest absolute Gasteiger partial charge is 0.228 e. The summed E-state index contributed by atoms with van der Waals surface area (Å²) < 4.78 is 0. The standard InChI is InChI=1S/C20H20ClN3O3/c1-11-3-4-13(21)9-18(11)24-20(27)17-10-16(17)19(26)23-15-7-5-14(6-8-15)22-12(2)25/h3-9,16-17H,10H2,1-2H3,(H,22,25)(H,23,26)(H,24,27). The first-order chi connectivity index (χ1) is 12.8. The third-order valence-electron chi connectivity index (χ3n) is 4.39. The molecule has 0 bridgehead atoms. The van der Waals surface area contributed by atoms with Crippen LogP contribution in [0.3, 0.4) is 0 Å². The Morgan fingerprint density at radius 1 is 0.889 bits per heavy atom. The van der Waals surface area contributed by atoms with Gasteiger partial charge in [-0.3, -0.25) is 14.4 Å². The summed E-state index contributed by atoms with van der Waals surface area (Å²) in [5.74, 6) is -1.22. The van der Waals surface area contributed by atoms with Crippen LogP contribution in [-0.2, 0) is 14.4 Å². The molecule has 2 atom stereocenters. The first kappa shape index (κ1) is 18.9. The minimum Gasteiger partial charge on any atom is -0.326 e. The molecule has 27 heavy (non-hydrogen) atoms. The SMILES string of the molecule is CC(=O)Nc1ccc(NC(=O)C2CC2C(=O)Nc2cc(Cl)ccc2C)cc1. The van der Waals surface area contributed by atoms with Crippen LogP contribution in [0.5, 0.6) is 0 Å². The van der Waals surface area contributed by atoms with Crippen molar-refractivity contribution >= 4 is 46.4 Å². The lowest BCUT2D eigenvalue weighted by atomic mass is 10.2. The molecule has 1 saturated carbocycles. The third-order valence-corrected chi connectivity index (χ3v) is 4.63. The highest BCUT2D eigenvalue weighted by molar-refractivity contribution is 6.31. The third kappa shape index (κ3) is 4.86. The molecule has 6 nitrogen and oxygen atoms in total. The van der Waals surface area contributed by atoms with E-state index in [0.717, 1.165) is 5.56 Å². The number of carbonyl (C=O) groups excluding carboxylic acids is 3. The van der Waals surface area contributed by atoms with E-state index in [4.69, 9.17) is 11.6 Å². The van der Waals surface area contributed by atoms with Crippen molar-refractivity contribution < 1.29 is 14.4 Å². The van der Waals surface area contributed by atoms with Crippen LogP contribution >= 0.6 is 11.6 Å². The number of hydrogen-bond donors (Lipinski definition) is 3. The van der Waals surface area contributed by atoms with Gasteiger partial charge >= 0.3 is 0 Å².